The van der Waals surface area contributed by atoms with Crippen molar-refractivity contribution in [3.05, 3.63) is 0 Å². The maximum absolute atomic E-state index is 5.18. The zero-order chi connectivity index (χ0) is 7.82. The molecule has 62 valence electrons. The summed E-state index contributed by atoms with van der Waals surface area (Å²) in [6, 6.07) is 0. The van der Waals surface area contributed by atoms with E-state index in [2.05, 4.69) is 20.8 Å². The lowest BCUT2D eigenvalue weighted by molar-refractivity contribution is 0.0616. The molecular weight excluding hydrogens is 124 g/mol. The first-order valence-electron chi connectivity index (χ1n) is 4.39. The number of rotatable bonds is 0. The largest absolute Gasteiger partial charge is 0.381 e. The van der Waals surface area contributed by atoms with Gasteiger partial charge >= 0.3 is 0 Å². The molecule has 0 aromatic carbocycles. The molecule has 0 radical (unpaired) electrons. The molecular formula is C9H20O. The second-order valence-corrected chi connectivity index (χ2v) is 3.03. The van der Waals surface area contributed by atoms with Gasteiger partial charge in [-0.3, -0.25) is 0 Å². The normalized spacial score (nSPS) is 24.9. The maximum atomic E-state index is 5.18. The molecule has 0 unspecified atom stereocenters. The third kappa shape index (κ3) is 6.09. The van der Waals surface area contributed by atoms with Crippen LogP contribution < -0.4 is 0 Å². The second-order valence-electron chi connectivity index (χ2n) is 3.03. The monoisotopic (exact) mass is 144 g/mol. The van der Waals surface area contributed by atoms with E-state index in [1.807, 2.05) is 0 Å². The predicted octanol–water partition coefficient (Wildman–Crippen LogP) is 2.85. The van der Waals surface area contributed by atoms with Gasteiger partial charge in [0.25, 0.3) is 0 Å². The summed E-state index contributed by atoms with van der Waals surface area (Å²) in [5, 5.41) is 0. The number of ether oxygens (including phenoxy) is 1. The Morgan fingerprint density at radius 2 is 2.00 bits per heavy atom. The van der Waals surface area contributed by atoms with Crippen LogP contribution in [0.1, 0.15) is 40.0 Å². The fourth-order valence-corrected chi connectivity index (χ4v) is 0.902. The molecule has 1 atom stereocenters. The lowest BCUT2D eigenvalue weighted by Gasteiger charge is -2.16. The Bertz CT molecular complexity index is 55.7. The average molecular weight is 144 g/mol. The minimum Gasteiger partial charge on any atom is -0.381 e. The van der Waals surface area contributed by atoms with Crippen molar-refractivity contribution in [2.45, 2.75) is 40.0 Å². The van der Waals surface area contributed by atoms with Crippen molar-refractivity contribution in [3.8, 4) is 0 Å². The van der Waals surface area contributed by atoms with E-state index < -0.39 is 0 Å². The van der Waals surface area contributed by atoms with Gasteiger partial charge in [-0.1, -0.05) is 27.2 Å². The van der Waals surface area contributed by atoms with Gasteiger partial charge < -0.3 is 4.74 Å². The van der Waals surface area contributed by atoms with Crippen LogP contribution in [0.2, 0.25) is 0 Å². The van der Waals surface area contributed by atoms with Crippen LogP contribution >= 0.6 is 0 Å². The zero-order valence-electron chi connectivity index (χ0n) is 7.52. The third-order valence-electron chi connectivity index (χ3n) is 1.39. The van der Waals surface area contributed by atoms with Gasteiger partial charge in [-0.25, -0.2) is 0 Å². The Hall–Kier alpha value is -0.0400. The van der Waals surface area contributed by atoms with Gasteiger partial charge in [0, 0.05) is 13.2 Å². The van der Waals surface area contributed by atoms with E-state index >= 15 is 0 Å². The summed E-state index contributed by atoms with van der Waals surface area (Å²) < 4.78 is 5.18. The molecule has 1 heterocycles. The topological polar surface area (TPSA) is 9.23 Å². The highest BCUT2D eigenvalue weighted by Crippen LogP contribution is 2.10. The Labute approximate surface area is 64.8 Å². The third-order valence-corrected chi connectivity index (χ3v) is 1.39. The van der Waals surface area contributed by atoms with Crippen molar-refractivity contribution in [1.82, 2.24) is 0 Å². The quantitative estimate of drug-likeness (QED) is 0.508. The van der Waals surface area contributed by atoms with E-state index in [0.717, 1.165) is 19.1 Å². The first-order valence-corrected chi connectivity index (χ1v) is 4.39. The van der Waals surface area contributed by atoms with Gasteiger partial charge in [0.05, 0.1) is 0 Å². The van der Waals surface area contributed by atoms with Crippen LogP contribution in [0.25, 0.3) is 0 Å². The van der Waals surface area contributed by atoms with Crippen molar-refractivity contribution in [1.29, 1.82) is 0 Å². The van der Waals surface area contributed by atoms with Gasteiger partial charge in [0.2, 0.25) is 0 Å². The van der Waals surface area contributed by atoms with E-state index in [-0.39, 0.29) is 0 Å². The SMILES string of the molecule is CCC.C[C@H]1CCCOC1. The Morgan fingerprint density at radius 3 is 2.20 bits per heavy atom. The fourth-order valence-electron chi connectivity index (χ4n) is 0.902. The number of hydrogen-bond acceptors (Lipinski definition) is 1. The van der Waals surface area contributed by atoms with E-state index in [4.69, 9.17) is 4.74 Å². The first-order chi connectivity index (χ1) is 4.81. The van der Waals surface area contributed by atoms with Crippen LogP contribution in [0.3, 0.4) is 0 Å². The highest BCUT2D eigenvalue weighted by atomic mass is 16.5. The predicted molar refractivity (Wildman–Crippen MR) is 45.2 cm³/mol. The zero-order valence-corrected chi connectivity index (χ0v) is 7.52. The summed E-state index contributed by atoms with van der Waals surface area (Å²) in [5.41, 5.74) is 0. The van der Waals surface area contributed by atoms with E-state index in [9.17, 15) is 0 Å². The van der Waals surface area contributed by atoms with Gasteiger partial charge in [-0.2, -0.15) is 0 Å². The summed E-state index contributed by atoms with van der Waals surface area (Å²) in [4.78, 5) is 0. The molecule has 1 saturated heterocycles. The Balaban J connectivity index is 0.000000236. The molecule has 1 aliphatic rings. The van der Waals surface area contributed by atoms with E-state index in [1.54, 1.807) is 0 Å². The summed E-state index contributed by atoms with van der Waals surface area (Å²) in [7, 11) is 0. The van der Waals surface area contributed by atoms with Crippen molar-refractivity contribution in [3.63, 3.8) is 0 Å². The molecule has 1 aliphatic heterocycles. The second kappa shape index (κ2) is 7.07. The molecule has 1 heteroatoms. The average Bonchev–Trinajstić information content (AvgIpc) is 1.91. The molecule has 0 aromatic heterocycles. The van der Waals surface area contributed by atoms with Crippen LogP contribution in [0, 0.1) is 5.92 Å². The summed E-state index contributed by atoms with van der Waals surface area (Å²) >= 11 is 0. The van der Waals surface area contributed by atoms with Gasteiger partial charge in [0.1, 0.15) is 0 Å². The Kier molecular flexibility index (Phi) is 7.04. The van der Waals surface area contributed by atoms with Crippen molar-refractivity contribution in [2.75, 3.05) is 13.2 Å². The molecule has 10 heavy (non-hydrogen) atoms. The first kappa shape index (κ1) is 9.96. The van der Waals surface area contributed by atoms with Crippen LogP contribution in [-0.4, -0.2) is 13.2 Å². The molecule has 1 fully saturated rings. The van der Waals surface area contributed by atoms with Crippen molar-refractivity contribution in [2.24, 2.45) is 5.92 Å². The minimum absolute atomic E-state index is 0.814. The van der Waals surface area contributed by atoms with Crippen LogP contribution in [0.5, 0.6) is 0 Å². The summed E-state index contributed by atoms with van der Waals surface area (Å²) in [5.74, 6) is 0.814. The molecule has 0 amide bonds. The summed E-state index contributed by atoms with van der Waals surface area (Å²) in [6.07, 6.45) is 3.88. The molecule has 1 nitrogen and oxygen atoms in total. The van der Waals surface area contributed by atoms with Crippen LogP contribution in [-0.2, 0) is 4.74 Å². The standard InChI is InChI=1S/C6H12O.C3H8/c1-6-3-2-4-7-5-6;1-3-2/h6H,2-5H2,1H3;3H2,1-2H3/t6-;/m0./s1. The maximum Gasteiger partial charge on any atom is 0.0491 e. The van der Waals surface area contributed by atoms with E-state index in [0.29, 0.717) is 0 Å². The fraction of sp³-hybridized carbons (Fsp3) is 1.00. The van der Waals surface area contributed by atoms with Crippen molar-refractivity contribution < 1.29 is 4.74 Å². The Morgan fingerprint density at radius 1 is 1.40 bits per heavy atom. The van der Waals surface area contributed by atoms with Crippen molar-refractivity contribution >= 4 is 0 Å². The smallest absolute Gasteiger partial charge is 0.0491 e. The molecule has 0 aliphatic carbocycles. The molecule has 0 N–H and O–H groups in total. The lowest BCUT2D eigenvalue weighted by Crippen LogP contribution is -2.13. The molecule has 1 rings (SSSR count). The van der Waals surface area contributed by atoms with Gasteiger partial charge in [0.15, 0.2) is 0 Å². The number of hydrogen-bond donors (Lipinski definition) is 0. The lowest BCUT2D eigenvalue weighted by atomic mass is 10.1. The van der Waals surface area contributed by atoms with Crippen LogP contribution in [0.15, 0.2) is 0 Å². The highest BCUT2D eigenvalue weighted by Gasteiger charge is 2.06. The van der Waals surface area contributed by atoms with E-state index in [1.165, 1.54) is 19.3 Å². The molecule has 0 aromatic rings. The van der Waals surface area contributed by atoms with Gasteiger partial charge in [-0.15, -0.1) is 0 Å². The highest BCUT2D eigenvalue weighted by molar-refractivity contribution is 4.55. The van der Waals surface area contributed by atoms with Gasteiger partial charge in [-0.05, 0) is 18.8 Å². The molecule has 0 spiro atoms. The summed E-state index contributed by atoms with van der Waals surface area (Å²) in [6.45, 7) is 8.46. The minimum atomic E-state index is 0.814. The molecule has 0 saturated carbocycles. The molecule has 0 bridgehead atoms. The van der Waals surface area contributed by atoms with Crippen LogP contribution in [0.4, 0.5) is 0 Å².